The molecule has 0 fully saturated rings. The summed E-state index contributed by atoms with van der Waals surface area (Å²) in [4.78, 5) is 0. The van der Waals surface area contributed by atoms with Crippen LogP contribution in [0.15, 0.2) is 28.9 Å². The first-order chi connectivity index (χ1) is 5.33. The number of hydrogen-bond donors (Lipinski definition) is 1. The number of nitriles is 2. The van der Waals surface area contributed by atoms with E-state index in [1.54, 1.807) is 0 Å². The second-order valence-electron chi connectivity index (χ2n) is 1.88. The summed E-state index contributed by atoms with van der Waals surface area (Å²) < 4.78 is 0. The van der Waals surface area contributed by atoms with Gasteiger partial charge in [-0.2, -0.15) is 10.5 Å². The molecule has 0 spiro atoms. The van der Waals surface area contributed by atoms with Gasteiger partial charge in [0, 0.05) is 0 Å². The van der Waals surface area contributed by atoms with Crippen molar-refractivity contribution in [2.45, 2.75) is 0 Å². The molecule has 0 atom stereocenters. The number of hydrogen-bond acceptors (Lipinski definition) is 3. The average Bonchev–Trinajstić information content (AvgIpc) is 2.45. The molecule has 50 valence electrons. The quantitative estimate of drug-likeness (QED) is 0.512. The molecular weight excluding hydrogens is 138 g/mol. The topological polar surface area (TPSA) is 71.4 Å². The molecule has 1 aliphatic rings. The van der Waals surface area contributed by atoms with E-state index in [9.17, 15) is 0 Å². The highest BCUT2D eigenvalue weighted by atomic mass is 14.3. The molecule has 1 aliphatic carbocycles. The highest BCUT2D eigenvalue weighted by molar-refractivity contribution is 5.79. The van der Waals surface area contributed by atoms with Gasteiger partial charge < -0.3 is 0 Å². The van der Waals surface area contributed by atoms with Gasteiger partial charge in [-0.25, -0.2) is 0 Å². The first-order valence-corrected chi connectivity index (χ1v) is 2.86. The molecule has 0 heterocycles. The van der Waals surface area contributed by atoms with Crippen LogP contribution in [0, 0.1) is 28.1 Å². The minimum absolute atomic E-state index is 0.287. The molecule has 0 aromatic carbocycles. The first kappa shape index (κ1) is 7.02. The van der Waals surface area contributed by atoms with Gasteiger partial charge in [-0.05, 0) is 18.0 Å². The number of nitrogens with one attached hydrogen (secondary N) is 1. The minimum atomic E-state index is 0.287. The molecule has 0 aromatic heterocycles. The smallest absolute Gasteiger partial charge is 0.101 e. The van der Waals surface area contributed by atoms with Crippen molar-refractivity contribution < 1.29 is 0 Å². The summed E-state index contributed by atoms with van der Waals surface area (Å²) in [7, 11) is 0. The Hall–Kier alpha value is -2.09. The van der Waals surface area contributed by atoms with Crippen LogP contribution in [0.1, 0.15) is 0 Å². The van der Waals surface area contributed by atoms with Crippen LogP contribution >= 0.6 is 0 Å². The summed E-state index contributed by atoms with van der Waals surface area (Å²) in [5.41, 5.74) is 0.947. The van der Waals surface area contributed by atoms with Crippen LogP contribution in [0.2, 0.25) is 0 Å². The number of allylic oxidation sites excluding steroid dienone is 5. The molecule has 1 N–H and O–H groups in total. The van der Waals surface area contributed by atoms with E-state index in [0.29, 0.717) is 11.1 Å². The van der Waals surface area contributed by atoms with E-state index < -0.39 is 0 Å². The third kappa shape index (κ3) is 0.966. The average molecular weight is 141 g/mol. The van der Waals surface area contributed by atoms with Gasteiger partial charge in [0.1, 0.15) is 12.1 Å². The Kier molecular flexibility index (Phi) is 1.70. The van der Waals surface area contributed by atoms with Crippen molar-refractivity contribution in [3.05, 3.63) is 28.9 Å². The van der Waals surface area contributed by atoms with Gasteiger partial charge in [0.2, 0.25) is 0 Å². The molecule has 0 saturated carbocycles. The van der Waals surface area contributed by atoms with Gasteiger partial charge in [-0.15, -0.1) is 0 Å². The summed E-state index contributed by atoms with van der Waals surface area (Å²) in [6.45, 7) is 0. The summed E-state index contributed by atoms with van der Waals surface area (Å²) >= 11 is 0. The van der Waals surface area contributed by atoms with Crippen molar-refractivity contribution in [1.82, 2.24) is 0 Å². The standard InChI is InChI=1S/C8H3N3/c9-3-6-1-2-7(4-10)8(6)5-11/h1-2,11H. The fourth-order valence-corrected chi connectivity index (χ4v) is 0.799. The van der Waals surface area contributed by atoms with Crippen LogP contribution in [-0.2, 0) is 0 Å². The molecule has 0 amide bonds. The Morgan fingerprint density at radius 1 is 1.09 bits per heavy atom. The zero-order valence-corrected chi connectivity index (χ0v) is 5.55. The molecule has 0 saturated heterocycles. The van der Waals surface area contributed by atoms with Crippen molar-refractivity contribution in [1.29, 1.82) is 15.9 Å². The van der Waals surface area contributed by atoms with Gasteiger partial charge in [0.25, 0.3) is 0 Å². The fourth-order valence-electron chi connectivity index (χ4n) is 0.799. The van der Waals surface area contributed by atoms with Crippen molar-refractivity contribution >= 4 is 5.87 Å². The van der Waals surface area contributed by atoms with Crippen LogP contribution in [0.3, 0.4) is 0 Å². The molecular formula is C8H3N3. The second-order valence-corrected chi connectivity index (χ2v) is 1.88. The molecule has 0 aliphatic heterocycles. The third-order valence-electron chi connectivity index (χ3n) is 1.32. The van der Waals surface area contributed by atoms with E-state index >= 15 is 0 Å². The first-order valence-electron chi connectivity index (χ1n) is 2.86. The van der Waals surface area contributed by atoms with Crippen LogP contribution in [0.25, 0.3) is 0 Å². The van der Waals surface area contributed by atoms with Gasteiger partial charge in [0.05, 0.1) is 16.7 Å². The van der Waals surface area contributed by atoms with E-state index in [1.807, 2.05) is 12.1 Å². The predicted molar refractivity (Wildman–Crippen MR) is 38.6 cm³/mol. The maximum Gasteiger partial charge on any atom is 0.101 e. The molecule has 3 nitrogen and oxygen atoms in total. The maximum atomic E-state index is 8.48. The number of nitrogens with zero attached hydrogens (tertiary/aromatic N) is 2. The second kappa shape index (κ2) is 2.66. The summed E-state index contributed by atoms with van der Waals surface area (Å²) in [5.74, 6) is 2.05. The molecule has 0 bridgehead atoms. The monoisotopic (exact) mass is 141 g/mol. The lowest BCUT2D eigenvalue weighted by Gasteiger charge is -1.88. The molecule has 1 rings (SSSR count). The van der Waals surface area contributed by atoms with Gasteiger partial charge in [-0.1, -0.05) is 0 Å². The zero-order valence-electron chi connectivity index (χ0n) is 5.55. The molecule has 11 heavy (non-hydrogen) atoms. The SMILES string of the molecule is N#CC1=CC=C(C#N)C1=C=N. The molecule has 0 aromatic rings. The Bertz CT molecular complexity index is 347. The van der Waals surface area contributed by atoms with Gasteiger partial charge >= 0.3 is 0 Å². The lowest BCUT2D eigenvalue weighted by Crippen LogP contribution is -1.84. The highest BCUT2D eigenvalue weighted by Gasteiger charge is 2.14. The van der Waals surface area contributed by atoms with Crippen molar-refractivity contribution in [2.24, 2.45) is 0 Å². The normalized spacial score (nSPS) is 14.2. The van der Waals surface area contributed by atoms with Crippen LogP contribution in [0.5, 0.6) is 0 Å². The Morgan fingerprint density at radius 2 is 1.55 bits per heavy atom. The lowest BCUT2D eigenvalue weighted by molar-refractivity contribution is 1.45. The summed E-state index contributed by atoms with van der Waals surface area (Å²) in [6.07, 6.45) is 3.02. The Morgan fingerprint density at radius 3 is 1.82 bits per heavy atom. The zero-order chi connectivity index (χ0) is 8.27. The van der Waals surface area contributed by atoms with Gasteiger partial charge in [-0.3, -0.25) is 5.41 Å². The fraction of sp³-hybridized carbons (Fsp3) is 0. The summed E-state index contributed by atoms with van der Waals surface area (Å²) in [6, 6.07) is 3.74. The molecule has 3 heteroatoms. The van der Waals surface area contributed by atoms with Crippen LogP contribution in [0.4, 0.5) is 0 Å². The third-order valence-corrected chi connectivity index (χ3v) is 1.32. The van der Waals surface area contributed by atoms with E-state index in [2.05, 4.69) is 5.87 Å². The van der Waals surface area contributed by atoms with Gasteiger partial charge in [0.15, 0.2) is 0 Å². The summed E-state index contributed by atoms with van der Waals surface area (Å²) in [5, 5.41) is 23.7. The predicted octanol–water partition coefficient (Wildman–Crippen LogP) is 1.07. The Labute approximate surface area is 63.7 Å². The Balaban J connectivity index is 3.19. The number of rotatable bonds is 0. The van der Waals surface area contributed by atoms with Crippen LogP contribution < -0.4 is 0 Å². The maximum absolute atomic E-state index is 8.48. The van der Waals surface area contributed by atoms with Crippen molar-refractivity contribution in [2.75, 3.05) is 0 Å². The van der Waals surface area contributed by atoms with E-state index in [1.165, 1.54) is 12.2 Å². The van der Waals surface area contributed by atoms with E-state index in [4.69, 9.17) is 15.9 Å². The minimum Gasteiger partial charge on any atom is -0.258 e. The van der Waals surface area contributed by atoms with Crippen LogP contribution in [-0.4, -0.2) is 5.87 Å². The van der Waals surface area contributed by atoms with Crippen molar-refractivity contribution in [3.8, 4) is 12.1 Å². The van der Waals surface area contributed by atoms with Crippen molar-refractivity contribution in [3.63, 3.8) is 0 Å². The highest BCUT2D eigenvalue weighted by Crippen LogP contribution is 2.21. The van der Waals surface area contributed by atoms with E-state index in [0.717, 1.165) is 0 Å². The lowest BCUT2D eigenvalue weighted by atomic mass is 10.1. The largest absolute Gasteiger partial charge is 0.258 e. The molecule has 0 unspecified atom stereocenters. The van der Waals surface area contributed by atoms with E-state index in [-0.39, 0.29) is 5.57 Å². The molecule has 0 radical (unpaired) electrons.